The number of nitrogens with one attached hydrogen (secondary N) is 1. The zero-order valence-corrected chi connectivity index (χ0v) is 17.6. The number of carbonyl (C=O) groups is 1. The highest BCUT2D eigenvalue weighted by atomic mass is 32.2. The molecule has 3 aromatic heterocycles. The van der Waals surface area contributed by atoms with Crippen LogP contribution >= 0.6 is 11.8 Å². The molecule has 5 rings (SSSR count). The number of hydrogen-bond acceptors (Lipinski definition) is 6. The molecule has 152 valence electrons. The predicted molar refractivity (Wildman–Crippen MR) is 116 cm³/mol. The first-order valence-electron chi connectivity index (χ1n) is 9.86. The molecule has 1 aromatic carbocycles. The molecule has 0 radical (unpaired) electrons. The Kier molecular flexibility index (Phi) is 4.54. The van der Waals surface area contributed by atoms with E-state index in [1.54, 1.807) is 12.5 Å². The van der Waals surface area contributed by atoms with Crippen molar-refractivity contribution in [3.63, 3.8) is 0 Å². The molecular weight excluding hydrogens is 398 g/mol. The molecule has 1 amide bonds. The fourth-order valence-electron chi connectivity index (χ4n) is 3.42. The van der Waals surface area contributed by atoms with Crippen LogP contribution in [-0.4, -0.2) is 40.0 Å². The van der Waals surface area contributed by atoms with Crippen LogP contribution in [0.2, 0.25) is 0 Å². The fraction of sp³-hybridized carbons (Fsp3) is 0.286. The van der Waals surface area contributed by atoms with Crippen molar-refractivity contribution >= 4 is 34.5 Å². The minimum atomic E-state index is -0.489. The number of thioether (sulfide) groups is 1. The minimum Gasteiger partial charge on any atom is -0.332 e. The average Bonchev–Trinajstić information content (AvgIpc) is 3.31. The number of fused-ring (bicyclic) bond motifs is 1. The van der Waals surface area contributed by atoms with E-state index in [1.165, 1.54) is 11.8 Å². The van der Waals surface area contributed by atoms with Gasteiger partial charge in [-0.2, -0.15) is 0 Å². The second-order valence-corrected chi connectivity index (χ2v) is 8.74. The van der Waals surface area contributed by atoms with E-state index < -0.39 is 4.75 Å². The maximum absolute atomic E-state index is 12.9. The molecule has 0 spiro atoms. The molecule has 30 heavy (non-hydrogen) atoms. The lowest BCUT2D eigenvalue weighted by atomic mass is 10.2. The lowest BCUT2D eigenvalue weighted by molar-refractivity contribution is -0.116. The number of para-hydroxylation sites is 1. The van der Waals surface area contributed by atoms with Crippen LogP contribution in [0, 0.1) is 0 Å². The summed E-state index contributed by atoms with van der Waals surface area (Å²) in [4.78, 5) is 21.6. The minimum absolute atomic E-state index is 0.0175. The Morgan fingerprint density at radius 2 is 2.00 bits per heavy atom. The Labute approximate surface area is 177 Å². The van der Waals surface area contributed by atoms with Crippen LogP contribution in [0.15, 0.2) is 54.1 Å². The number of carbonyl (C=O) groups excluding carboxylic acids is 1. The largest absolute Gasteiger partial charge is 0.332 e. The zero-order valence-electron chi connectivity index (χ0n) is 16.7. The molecule has 0 unspecified atom stereocenters. The number of rotatable bonds is 6. The van der Waals surface area contributed by atoms with Crippen molar-refractivity contribution in [2.75, 3.05) is 5.32 Å². The summed E-state index contributed by atoms with van der Waals surface area (Å²) in [5, 5.41) is 12.6. The maximum Gasteiger partial charge on any atom is 0.241 e. The standard InChI is InChI=1S/C21H21N7OS/c1-3-28-18(14-11-16-17(22-12-14)23-13-27(16)2)25-26-20(28)30-21(9-10-21)19(29)24-15-7-5-4-6-8-15/h4-8,11-13H,3,9-10H2,1-2H3,(H,24,29). The van der Waals surface area contributed by atoms with E-state index in [4.69, 9.17) is 0 Å². The van der Waals surface area contributed by atoms with Gasteiger partial charge in [0.25, 0.3) is 0 Å². The van der Waals surface area contributed by atoms with Gasteiger partial charge >= 0.3 is 0 Å². The number of benzene rings is 1. The lowest BCUT2D eigenvalue weighted by Crippen LogP contribution is -2.27. The van der Waals surface area contributed by atoms with E-state index in [9.17, 15) is 4.79 Å². The summed E-state index contributed by atoms with van der Waals surface area (Å²) in [6.45, 7) is 2.75. The van der Waals surface area contributed by atoms with Crippen LogP contribution < -0.4 is 5.32 Å². The monoisotopic (exact) mass is 419 g/mol. The van der Waals surface area contributed by atoms with Gasteiger partial charge in [0, 0.05) is 31.0 Å². The quantitative estimate of drug-likeness (QED) is 0.514. The molecule has 3 heterocycles. The van der Waals surface area contributed by atoms with Gasteiger partial charge in [-0.15, -0.1) is 10.2 Å². The highest BCUT2D eigenvalue weighted by Gasteiger charge is 2.52. The van der Waals surface area contributed by atoms with E-state index >= 15 is 0 Å². The van der Waals surface area contributed by atoms with Gasteiger partial charge in [0.15, 0.2) is 16.6 Å². The number of nitrogens with zero attached hydrogens (tertiary/aromatic N) is 6. The molecule has 1 fully saturated rings. The van der Waals surface area contributed by atoms with Gasteiger partial charge < -0.3 is 14.5 Å². The Bertz CT molecular complexity index is 1230. The smallest absolute Gasteiger partial charge is 0.241 e. The van der Waals surface area contributed by atoms with E-state index in [0.717, 1.165) is 40.6 Å². The van der Waals surface area contributed by atoms with Crippen LogP contribution in [0.3, 0.4) is 0 Å². The molecule has 0 aliphatic heterocycles. The molecule has 0 bridgehead atoms. The second-order valence-electron chi connectivity index (χ2n) is 7.39. The van der Waals surface area contributed by atoms with Crippen LogP contribution in [-0.2, 0) is 18.4 Å². The summed E-state index contributed by atoms with van der Waals surface area (Å²) in [5.41, 5.74) is 3.33. The number of pyridine rings is 1. The normalized spacial score (nSPS) is 14.7. The molecule has 8 nitrogen and oxygen atoms in total. The third-order valence-electron chi connectivity index (χ3n) is 5.31. The van der Waals surface area contributed by atoms with Gasteiger partial charge in [-0.25, -0.2) is 9.97 Å². The summed E-state index contributed by atoms with van der Waals surface area (Å²) in [6, 6.07) is 11.6. The summed E-state index contributed by atoms with van der Waals surface area (Å²) in [6.07, 6.45) is 5.17. The summed E-state index contributed by atoms with van der Waals surface area (Å²) in [7, 11) is 1.94. The molecule has 1 aliphatic carbocycles. The third-order valence-corrected chi connectivity index (χ3v) is 6.78. The zero-order chi connectivity index (χ0) is 20.7. The number of aryl methyl sites for hydroxylation is 1. The van der Waals surface area contributed by atoms with Gasteiger partial charge in [0.1, 0.15) is 4.75 Å². The van der Waals surface area contributed by atoms with Crippen molar-refractivity contribution in [3.05, 3.63) is 48.9 Å². The van der Waals surface area contributed by atoms with E-state index in [0.29, 0.717) is 12.2 Å². The average molecular weight is 420 g/mol. The topological polar surface area (TPSA) is 90.5 Å². The molecule has 1 N–H and O–H groups in total. The van der Waals surface area contributed by atoms with Crippen molar-refractivity contribution in [3.8, 4) is 11.4 Å². The van der Waals surface area contributed by atoms with Crippen molar-refractivity contribution in [1.82, 2.24) is 29.3 Å². The van der Waals surface area contributed by atoms with Crippen LogP contribution in [0.4, 0.5) is 5.69 Å². The van der Waals surface area contributed by atoms with Gasteiger partial charge in [0.2, 0.25) is 5.91 Å². The van der Waals surface area contributed by atoms with Gasteiger partial charge in [-0.1, -0.05) is 30.0 Å². The molecule has 9 heteroatoms. The maximum atomic E-state index is 12.9. The number of anilines is 1. The first-order valence-corrected chi connectivity index (χ1v) is 10.7. The number of aromatic nitrogens is 6. The Morgan fingerprint density at radius 3 is 2.73 bits per heavy atom. The summed E-state index contributed by atoms with van der Waals surface area (Å²) < 4.78 is 3.48. The predicted octanol–water partition coefficient (Wildman–Crippen LogP) is 3.51. The Balaban J connectivity index is 1.42. The van der Waals surface area contributed by atoms with E-state index in [-0.39, 0.29) is 5.91 Å². The molecular formula is C21H21N7OS. The number of imidazole rings is 1. The van der Waals surface area contributed by atoms with E-state index in [2.05, 4.69) is 32.4 Å². The van der Waals surface area contributed by atoms with Crippen LogP contribution in [0.25, 0.3) is 22.6 Å². The van der Waals surface area contributed by atoms with Gasteiger partial charge in [-0.3, -0.25) is 4.79 Å². The summed E-state index contributed by atoms with van der Waals surface area (Å²) >= 11 is 1.50. The van der Waals surface area contributed by atoms with Crippen LogP contribution in [0.1, 0.15) is 19.8 Å². The molecule has 4 aromatic rings. The third kappa shape index (κ3) is 3.24. The van der Waals surface area contributed by atoms with Crippen molar-refractivity contribution in [1.29, 1.82) is 0 Å². The van der Waals surface area contributed by atoms with Crippen molar-refractivity contribution in [2.24, 2.45) is 7.05 Å². The summed E-state index contributed by atoms with van der Waals surface area (Å²) in [5.74, 6) is 0.763. The fourth-order valence-corrected chi connectivity index (χ4v) is 4.63. The number of hydrogen-bond donors (Lipinski definition) is 1. The molecule has 1 aliphatic rings. The highest BCUT2D eigenvalue weighted by molar-refractivity contribution is 8.01. The van der Waals surface area contributed by atoms with Gasteiger partial charge in [-0.05, 0) is 38.0 Å². The highest BCUT2D eigenvalue weighted by Crippen LogP contribution is 2.52. The Morgan fingerprint density at radius 1 is 1.20 bits per heavy atom. The van der Waals surface area contributed by atoms with Gasteiger partial charge in [0.05, 0.1) is 11.8 Å². The van der Waals surface area contributed by atoms with Crippen LogP contribution in [0.5, 0.6) is 0 Å². The van der Waals surface area contributed by atoms with E-state index in [1.807, 2.05) is 52.6 Å². The molecule has 0 saturated heterocycles. The Hall–Kier alpha value is -3.20. The first kappa shape index (κ1) is 18.8. The molecule has 0 atom stereocenters. The first-order chi connectivity index (χ1) is 14.6. The SMILES string of the molecule is CCn1c(SC2(C(=O)Nc3ccccc3)CC2)nnc1-c1cnc2ncn(C)c2c1. The van der Waals surface area contributed by atoms with Crippen molar-refractivity contribution < 1.29 is 4.79 Å². The lowest BCUT2D eigenvalue weighted by Gasteiger charge is -2.15. The second kappa shape index (κ2) is 7.24. The molecule has 1 saturated carbocycles. The number of amides is 1. The van der Waals surface area contributed by atoms with Crippen molar-refractivity contribution in [2.45, 2.75) is 36.2 Å².